The fourth-order valence-electron chi connectivity index (χ4n) is 1.54. The second-order valence-corrected chi connectivity index (χ2v) is 4.81. The van der Waals surface area contributed by atoms with E-state index < -0.39 is 0 Å². The van der Waals surface area contributed by atoms with Crippen LogP contribution in [0.25, 0.3) is 0 Å². The molecule has 2 rings (SSSR count). The highest BCUT2D eigenvalue weighted by atomic mass is 127. The molecule has 0 radical (unpaired) electrons. The van der Waals surface area contributed by atoms with Gasteiger partial charge in [-0.15, -0.1) is 10.6 Å². The first kappa shape index (κ1) is 11.6. The van der Waals surface area contributed by atoms with Crippen molar-refractivity contribution in [3.8, 4) is 0 Å². The SMILES string of the molecule is CCn1ncc(C2=NNNN2C(C)C)c1I. The van der Waals surface area contributed by atoms with Gasteiger partial charge < -0.3 is 0 Å². The molecule has 6 nitrogen and oxygen atoms in total. The van der Waals surface area contributed by atoms with Crippen molar-refractivity contribution in [1.29, 1.82) is 0 Å². The first-order valence-electron chi connectivity index (χ1n) is 5.24. The average Bonchev–Trinajstić information content (AvgIpc) is 2.83. The van der Waals surface area contributed by atoms with Crippen LogP contribution in [0.1, 0.15) is 26.3 Å². The van der Waals surface area contributed by atoms with Gasteiger partial charge in [0.1, 0.15) is 3.70 Å². The normalized spacial score (nSPS) is 15.6. The van der Waals surface area contributed by atoms with Gasteiger partial charge in [-0.05, 0) is 43.4 Å². The van der Waals surface area contributed by atoms with Gasteiger partial charge in [-0.25, -0.2) is 5.53 Å². The Morgan fingerprint density at radius 2 is 2.25 bits per heavy atom. The van der Waals surface area contributed by atoms with E-state index in [2.05, 4.69) is 64.6 Å². The van der Waals surface area contributed by atoms with E-state index in [4.69, 9.17) is 0 Å². The minimum Gasteiger partial charge on any atom is -0.268 e. The highest BCUT2D eigenvalue weighted by Gasteiger charge is 2.24. The molecule has 1 aromatic heterocycles. The molecule has 0 aliphatic carbocycles. The molecule has 1 aliphatic rings. The summed E-state index contributed by atoms with van der Waals surface area (Å²) < 4.78 is 3.06. The minimum absolute atomic E-state index is 0.328. The van der Waals surface area contributed by atoms with E-state index in [0.29, 0.717) is 6.04 Å². The van der Waals surface area contributed by atoms with Gasteiger partial charge in [0, 0.05) is 12.6 Å². The monoisotopic (exact) mass is 334 g/mol. The molecular formula is C9H15IN6. The summed E-state index contributed by atoms with van der Waals surface area (Å²) in [6.07, 6.45) is 1.86. The third kappa shape index (κ3) is 1.88. The molecule has 0 saturated heterocycles. The molecule has 0 amide bonds. The number of rotatable bonds is 3. The van der Waals surface area contributed by atoms with Crippen molar-refractivity contribution in [3.05, 3.63) is 15.5 Å². The molecule has 1 aromatic rings. The molecule has 7 heteroatoms. The van der Waals surface area contributed by atoms with Crippen molar-refractivity contribution < 1.29 is 0 Å². The number of hydrogen-bond donors (Lipinski definition) is 2. The number of hydrazine groups is 2. The molecule has 0 spiro atoms. The van der Waals surface area contributed by atoms with Crippen LogP contribution in [0, 0.1) is 3.70 Å². The second kappa shape index (κ2) is 4.58. The topological polar surface area (TPSA) is 57.5 Å². The number of nitrogens with one attached hydrogen (secondary N) is 2. The van der Waals surface area contributed by atoms with Crippen LogP contribution in [0.4, 0.5) is 0 Å². The molecule has 1 aliphatic heterocycles. The van der Waals surface area contributed by atoms with Crippen LogP contribution in [-0.2, 0) is 6.54 Å². The Morgan fingerprint density at radius 1 is 1.50 bits per heavy atom. The van der Waals surface area contributed by atoms with Crippen LogP contribution >= 0.6 is 22.6 Å². The highest BCUT2D eigenvalue weighted by molar-refractivity contribution is 14.1. The summed E-state index contributed by atoms with van der Waals surface area (Å²) >= 11 is 2.30. The van der Waals surface area contributed by atoms with Crippen molar-refractivity contribution >= 4 is 28.4 Å². The average molecular weight is 334 g/mol. The molecule has 16 heavy (non-hydrogen) atoms. The van der Waals surface area contributed by atoms with E-state index in [9.17, 15) is 0 Å². The van der Waals surface area contributed by atoms with Crippen molar-refractivity contribution in [2.24, 2.45) is 5.10 Å². The Kier molecular flexibility index (Phi) is 3.33. The van der Waals surface area contributed by atoms with E-state index in [1.807, 2.05) is 15.9 Å². The summed E-state index contributed by atoms with van der Waals surface area (Å²) in [6, 6.07) is 0.328. The van der Waals surface area contributed by atoms with Crippen LogP contribution in [-0.4, -0.2) is 26.7 Å². The molecule has 0 bridgehead atoms. The van der Waals surface area contributed by atoms with Gasteiger partial charge in [0.15, 0.2) is 5.84 Å². The zero-order chi connectivity index (χ0) is 11.7. The number of hydrazone groups is 1. The fraction of sp³-hybridized carbons (Fsp3) is 0.556. The van der Waals surface area contributed by atoms with E-state index >= 15 is 0 Å². The predicted octanol–water partition coefficient (Wildman–Crippen LogP) is 0.902. The molecule has 2 heterocycles. The van der Waals surface area contributed by atoms with Crippen molar-refractivity contribution in [3.63, 3.8) is 0 Å². The lowest BCUT2D eigenvalue weighted by atomic mass is 10.3. The summed E-state index contributed by atoms with van der Waals surface area (Å²) in [5.41, 5.74) is 6.83. The Bertz CT molecular complexity index is 410. The summed E-state index contributed by atoms with van der Waals surface area (Å²) in [7, 11) is 0. The number of amidine groups is 1. The minimum atomic E-state index is 0.328. The Hall–Kier alpha value is -0.830. The summed E-state index contributed by atoms with van der Waals surface area (Å²) in [5, 5.41) is 10.5. The van der Waals surface area contributed by atoms with Crippen LogP contribution in [0.15, 0.2) is 11.3 Å². The van der Waals surface area contributed by atoms with E-state index in [-0.39, 0.29) is 0 Å². The smallest absolute Gasteiger partial charge is 0.177 e. The molecule has 0 fully saturated rings. The second-order valence-electron chi connectivity index (χ2n) is 3.79. The van der Waals surface area contributed by atoms with Crippen LogP contribution in [0.2, 0.25) is 0 Å². The maximum absolute atomic E-state index is 4.32. The standard InChI is InChI=1S/C9H15IN6/c1-4-15-8(10)7(5-11-15)9-12-13-14-16(9)6(2)3/h5-6,13-14H,4H2,1-3H3. The van der Waals surface area contributed by atoms with Gasteiger partial charge in [-0.1, -0.05) is 0 Å². The Morgan fingerprint density at radius 3 is 2.81 bits per heavy atom. The highest BCUT2D eigenvalue weighted by Crippen LogP contribution is 2.16. The zero-order valence-electron chi connectivity index (χ0n) is 9.53. The predicted molar refractivity (Wildman–Crippen MR) is 70.4 cm³/mol. The maximum atomic E-state index is 4.32. The molecule has 88 valence electrons. The number of nitrogens with zero attached hydrogens (tertiary/aromatic N) is 4. The third-order valence-corrected chi connectivity index (χ3v) is 3.53. The Labute approximate surface area is 108 Å². The largest absolute Gasteiger partial charge is 0.268 e. The molecule has 0 saturated carbocycles. The number of halogens is 1. The summed E-state index contributed by atoms with van der Waals surface area (Å²) in [6.45, 7) is 7.15. The summed E-state index contributed by atoms with van der Waals surface area (Å²) in [4.78, 5) is 0. The lowest BCUT2D eigenvalue weighted by molar-refractivity contribution is 0.246. The zero-order valence-corrected chi connectivity index (χ0v) is 11.7. The fourth-order valence-corrected chi connectivity index (χ4v) is 2.39. The lowest BCUT2D eigenvalue weighted by Crippen LogP contribution is -2.45. The van der Waals surface area contributed by atoms with Gasteiger partial charge in [0.25, 0.3) is 0 Å². The van der Waals surface area contributed by atoms with Crippen molar-refractivity contribution in [1.82, 2.24) is 25.9 Å². The summed E-state index contributed by atoms with van der Waals surface area (Å²) in [5.74, 6) is 0.888. The third-order valence-electron chi connectivity index (χ3n) is 2.39. The Balaban J connectivity index is 2.33. The number of hydrogen-bond acceptors (Lipinski definition) is 5. The first-order chi connectivity index (χ1) is 7.65. The maximum Gasteiger partial charge on any atom is 0.177 e. The molecule has 2 N–H and O–H groups in total. The quantitative estimate of drug-likeness (QED) is 0.807. The van der Waals surface area contributed by atoms with Gasteiger partial charge >= 0.3 is 0 Å². The number of aromatic nitrogens is 2. The van der Waals surface area contributed by atoms with Gasteiger partial charge in [0.2, 0.25) is 0 Å². The van der Waals surface area contributed by atoms with Gasteiger partial charge in [0.05, 0.1) is 11.8 Å². The van der Waals surface area contributed by atoms with Gasteiger partial charge in [-0.2, -0.15) is 5.10 Å². The van der Waals surface area contributed by atoms with E-state index in [1.165, 1.54) is 0 Å². The van der Waals surface area contributed by atoms with Gasteiger partial charge in [-0.3, -0.25) is 9.69 Å². The van der Waals surface area contributed by atoms with Crippen LogP contribution < -0.4 is 11.1 Å². The first-order valence-corrected chi connectivity index (χ1v) is 6.32. The lowest BCUT2D eigenvalue weighted by Gasteiger charge is -2.22. The molecule has 0 atom stereocenters. The molecular weight excluding hydrogens is 319 g/mol. The van der Waals surface area contributed by atoms with Crippen LogP contribution in [0.5, 0.6) is 0 Å². The molecule has 0 unspecified atom stereocenters. The van der Waals surface area contributed by atoms with Crippen LogP contribution in [0.3, 0.4) is 0 Å². The molecule has 0 aromatic carbocycles. The van der Waals surface area contributed by atoms with E-state index in [1.54, 1.807) is 0 Å². The number of aryl methyl sites for hydroxylation is 1. The van der Waals surface area contributed by atoms with Crippen molar-refractivity contribution in [2.75, 3.05) is 0 Å². The van der Waals surface area contributed by atoms with Crippen molar-refractivity contribution in [2.45, 2.75) is 33.4 Å². The van der Waals surface area contributed by atoms with E-state index in [0.717, 1.165) is 21.6 Å².